The molecule has 0 amide bonds. The number of carboxylic acid groups (broad SMARTS) is 1. The predicted molar refractivity (Wildman–Crippen MR) is 115 cm³/mol. The van der Waals surface area contributed by atoms with E-state index in [4.69, 9.17) is 4.74 Å². The van der Waals surface area contributed by atoms with E-state index < -0.39 is 5.97 Å². The number of aliphatic carboxylic acids is 1. The summed E-state index contributed by atoms with van der Waals surface area (Å²) in [5.74, 6) is 1.64. The van der Waals surface area contributed by atoms with Gasteiger partial charge in [-0.25, -0.2) is 0 Å². The fourth-order valence-electron chi connectivity index (χ4n) is 9.01. The van der Waals surface area contributed by atoms with Crippen LogP contribution in [0.25, 0.3) is 0 Å². The third kappa shape index (κ3) is 3.34. The van der Waals surface area contributed by atoms with E-state index >= 15 is 0 Å². The van der Waals surface area contributed by atoms with Crippen molar-refractivity contribution in [2.24, 2.45) is 46.3 Å². The second-order valence-corrected chi connectivity index (χ2v) is 11.6. The van der Waals surface area contributed by atoms with Crippen molar-refractivity contribution >= 4 is 5.97 Å². The quantitative estimate of drug-likeness (QED) is 0.621. The second-order valence-electron chi connectivity index (χ2n) is 11.6. The molecule has 0 saturated heterocycles. The highest BCUT2D eigenvalue weighted by Gasteiger charge is 2.66. The molecular formula is C25H42O5. The topological polar surface area (TPSA) is 87.0 Å². The molecule has 5 nitrogen and oxygen atoms in total. The van der Waals surface area contributed by atoms with Crippen molar-refractivity contribution in [3.63, 3.8) is 0 Å². The van der Waals surface area contributed by atoms with Gasteiger partial charge >= 0.3 is 5.97 Å². The van der Waals surface area contributed by atoms with Crippen molar-refractivity contribution in [1.29, 1.82) is 0 Å². The SMILES string of the molecule is CO[C@H]1C[C@H]2[C@@H]([C@@H](O)C[C@@H]3C[C@H](O)CC[C@@]32C)[C@@H]2CC[C@H]([C@H](C)CCC(=O)O)[C@@]12C. The summed E-state index contributed by atoms with van der Waals surface area (Å²) in [5, 5.41) is 30.8. The number of fused-ring (bicyclic) bond motifs is 5. The molecule has 0 radical (unpaired) electrons. The van der Waals surface area contributed by atoms with Gasteiger partial charge in [-0.15, -0.1) is 0 Å². The molecule has 0 aromatic rings. The molecule has 0 aromatic carbocycles. The lowest BCUT2D eigenvalue weighted by Crippen LogP contribution is -2.62. The molecule has 4 saturated carbocycles. The number of aliphatic hydroxyl groups excluding tert-OH is 2. The minimum Gasteiger partial charge on any atom is -0.481 e. The van der Waals surface area contributed by atoms with Crippen LogP contribution in [0.2, 0.25) is 0 Å². The Labute approximate surface area is 181 Å². The van der Waals surface area contributed by atoms with Gasteiger partial charge in [0.25, 0.3) is 0 Å². The molecule has 0 heterocycles. The Kier molecular flexibility index (Phi) is 6.04. The van der Waals surface area contributed by atoms with Gasteiger partial charge in [-0.3, -0.25) is 4.79 Å². The first-order valence-corrected chi connectivity index (χ1v) is 12.2. The molecule has 30 heavy (non-hydrogen) atoms. The minimum atomic E-state index is -0.713. The van der Waals surface area contributed by atoms with Crippen LogP contribution in [0, 0.1) is 46.3 Å². The van der Waals surface area contributed by atoms with Crippen molar-refractivity contribution in [3.05, 3.63) is 0 Å². The Hall–Kier alpha value is -0.650. The average molecular weight is 423 g/mol. The molecule has 0 unspecified atom stereocenters. The summed E-state index contributed by atoms with van der Waals surface area (Å²) in [6, 6.07) is 0. The Morgan fingerprint density at radius 2 is 1.83 bits per heavy atom. The van der Waals surface area contributed by atoms with Crippen molar-refractivity contribution in [1.82, 2.24) is 0 Å². The molecule has 0 aliphatic heterocycles. The number of hydrogen-bond acceptors (Lipinski definition) is 4. The normalized spacial score (nSPS) is 51.5. The van der Waals surface area contributed by atoms with E-state index in [1.165, 1.54) is 0 Å². The Morgan fingerprint density at radius 1 is 1.10 bits per heavy atom. The molecule has 5 heteroatoms. The van der Waals surface area contributed by atoms with E-state index in [1.54, 1.807) is 0 Å². The number of rotatable bonds is 5. The van der Waals surface area contributed by atoms with Crippen LogP contribution in [0.5, 0.6) is 0 Å². The third-order valence-corrected chi connectivity index (χ3v) is 10.6. The maximum atomic E-state index is 11.4. The van der Waals surface area contributed by atoms with Crippen LogP contribution in [-0.2, 0) is 9.53 Å². The largest absolute Gasteiger partial charge is 0.481 e. The Morgan fingerprint density at radius 3 is 2.50 bits per heavy atom. The van der Waals surface area contributed by atoms with Crippen LogP contribution in [0.3, 0.4) is 0 Å². The van der Waals surface area contributed by atoms with Crippen LogP contribution < -0.4 is 0 Å². The van der Waals surface area contributed by atoms with Crippen molar-refractivity contribution in [2.45, 2.75) is 96.9 Å². The van der Waals surface area contributed by atoms with Gasteiger partial charge in [0.2, 0.25) is 0 Å². The molecule has 172 valence electrons. The summed E-state index contributed by atoms with van der Waals surface area (Å²) in [4.78, 5) is 11.1. The van der Waals surface area contributed by atoms with Gasteiger partial charge < -0.3 is 20.1 Å². The highest BCUT2D eigenvalue weighted by molar-refractivity contribution is 5.66. The van der Waals surface area contributed by atoms with Gasteiger partial charge in [0.1, 0.15) is 0 Å². The van der Waals surface area contributed by atoms with Crippen LogP contribution in [0.15, 0.2) is 0 Å². The van der Waals surface area contributed by atoms with E-state index in [1.807, 2.05) is 7.11 Å². The zero-order valence-electron chi connectivity index (χ0n) is 19.2. The molecule has 3 N–H and O–H groups in total. The van der Waals surface area contributed by atoms with Crippen LogP contribution in [0.1, 0.15) is 78.6 Å². The molecule has 4 aliphatic carbocycles. The maximum absolute atomic E-state index is 11.4. The zero-order chi connectivity index (χ0) is 21.8. The number of hydrogen-bond donors (Lipinski definition) is 3. The first kappa shape index (κ1) is 22.5. The standard InChI is InChI=1S/C25H42O5/c1-14(5-8-22(28)29)17-6-7-18-23-19(13-21(30-4)25(17,18)3)24(2)10-9-16(26)11-15(24)12-20(23)27/h14-21,23,26-27H,5-13H2,1-4H3,(H,28,29)/t14-,15+,16-,17-,18+,19+,20+,21+,23+,24+,25-/m1/s1. The third-order valence-electron chi connectivity index (χ3n) is 10.6. The number of carboxylic acids is 1. The lowest BCUT2D eigenvalue weighted by atomic mass is 9.43. The van der Waals surface area contributed by atoms with Crippen molar-refractivity contribution < 1.29 is 24.9 Å². The Bertz CT molecular complexity index is 651. The van der Waals surface area contributed by atoms with E-state index in [2.05, 4.69) is 20.8 Å². The Balaban J connectivity index is 1.64. The summed E-state index contributed by atoms with van der Waals surface area (Å²) < 4.78 is 6.20. The molecule has 4 aliphatic rings. The van der Waals surface area contributed by atoms with E-state index in [0.717, 1.165) is 44.9 Å². The first-order chi connectivity index (χ1) is 14.1. The second kappa shape index (κ2) is 8.04. The fraction of sp³-hybridized carbons (Fsp3) is 0.960. The zero-order valence-corrected chi connectivity index (χ0v) is 19.2. The summed E-state index contributed by atoms with van der Waals surface area (Å²) in [7, 11) is 1.84. The monoisotopic (exact) mass is 422 g/mol. The highest BCUT2D eigenvalue weighted by Crippen LogP contribution is 2.68. The minimum absolute atomic E-state index is 0.00774. The van der Waals surface area contributed by atoms with Crippen LogP contribution >= 0.6 is 0 Å². The number of carbonyl (C=O) groups is 1. The van der Waals surface area contributed by atoms with Crippen LogP contribution in [0.4, 0.5) is 0 Å². The molecule has 0 bridgehead atoms. The predicted octanol–water partition coefficient (Wildman–Crippen LogP) is 4.10. The summed E-state index contributed by atoms with van der Waals surface area (Å²) in [6.07, 6.45) is 7.35. The van der Waals surface area contributed by atoms with Gasteiger partial charge in [0, 0.05) is 18.9 Å². The maximum Gasteiger partial charge on any atom is 0.303 e. The average Bonchev–Trinajstić information content (AvgIpc) is 3.04. The lowest BCUT2D eigenvalue weighted by molar-refractivity contribution is -0.212. The van der Waals surface area contributed by atoms with Gasteiger partial charge in [-0.2, -0.15) is 0 Å². The fourth-order valence-corrected chi connectivity index (χ4v) is 9.01. The van der Waals surface area contributed by atoms with Gasteiger partial charge in [-0.05, 0) is 92.3 Å². The van der Waals surface area contributed by atoms with Crippen molar-refractivity contribution in [3.8, 4) is 0 Å². The smallest absolute Gasteiger partial charge is 0.303 e. The van der Waals surface area contributed by atoms with Crippen LogP contribution in [-0.4, -0.2) is 46.7 Å². The molecule has 11 atom stereocenters. The summed E-state index contributed by atoms with van der Waals surface area (Å²) in [6.45, 7) is 7.02. The van der Waals surface area contributed by atoms with E-state index in [9.17, 15) is 20.1 Å². The van der Waals surface area contributed by atoms with Crippen molar-refractivity contribution in [2.75, 3.05) is 7.11 Å². The number of aliphatic hydroxyl groups is 2. The highest BCUT2D eigenvalue weighted by atomic mass is 16.5. The van der Waals surface area contributed by atoms with E-state index in [-0.39, 0.29) is 35.6 Å². The lowest BCUT2D eigenvalue weighted by Gasteiger charge is -2.64. The summed E-state index contributed by atoms with van der Waals surface area (Å²) >= 11 is 0. The first-order valence-electron chi connectivity index (χ1n) is 12.2. The molecule has 4 fully saturated rings. The molecular weight excluding hydrogens is 380 g/mol. The van der Waals surface area contributed by atoms with Gasteiger partial charge in [0.05, 0.1) is 18.3 Å². The summed E-state index contributed by atoms with van der Waals surface area (Å²) in [5.41, 5.74) is 0.167. The van der Waals surface area contributed by atoms with Gasteiger partial charge in [-0.1, -0.05) is 20.8 Å². The molecule has 4 rings (SSSR count). The number of ether oxygens (including phenoxy) is 1. The molecule has 0 spiro atoms. The van der Waals surface area contributed by atoms with E-state index in [0.29, 0.717) is 41.9 Å². The number of methoxy groups -OCH3 is 1. The van der Waals surface area contributed by atoms with Gasteiger partial charge in [0.15, 0.2) is 0 Å². The molecule has 0 aromatic heterocycles.